The van der Waals surface area contributed by atoms with E-state index in [1.165, 1.54) is 11.3 Å². The van der Waals surface area contributed by atoms with Gasteiger partial charge in [0, 0.05) is 0 Å². The summed E-state index contributed by atoms with van der Waals surface area (Å²) in [4.78, 5) is 16.1. The summed E-state index contributed by atoms with van der Waals surface area (Å²) in [5.41, 5.74) is 6.60. The van der Waals surface area contributed by atoms with Gasteiger partial charge in [0.25, 0.3) is 11.7 Å². The molecule has 0 aliphatic heterocycles. The zero-order valence-corrected chi connectivity index (χ0v) is 10.2. The van der Waals surface area contributed by atoms with Gasteiger partial charge in [-0.1, -0.05) is 0 Å². The third-order valence-corrected chi connectivity index (χ3v) is 3.07. The lowest BCUT2D eigenvalue weighted by Gasteiger charge is -1.93. The first-order valence-electron chi connectivity index (χ1n) is 4.99. The van der Waals surface area contributed by atoms with E-state index in [1.54, 1.807) is 6.92 Å². The Morgan fingerprint density at radius 2 is 2.41 bits per heavy atom. The second kappa shape index (κ2) is 4.54. The molecule has 2 N–H and O–H groups in total. The van der Waals surface area contributed by atoms with Gasteiger partial charge in [-0.05, 0) is 30.6 Å². The fourth-order valence-corrected chi connectivity index (χ4v) is 2.17. The lowest BCUT2D eigenvalue weighted by molar-refractivity contribution is 0.0508. The number of carbonyl (C=O) groups is 1. The third kappa shape index (κ3) is 2.28. The molecule has 0 amide bonds. The molecule has 0 bridgehead atoms. The van der Waals surface area contributed by atoms with Gasteiger partial charge in [0.2, 0.25) is 0 Å². The molecule has 17 heavy (non-hydrogen) atoms. The number of aryl methyl sites for hydroxylation is 1. The van der Waals surface area contributed by atoms with E-state index in [1.807, 2.05) is 13.0 Å². The smallest absolute Gasteiger partial charge is 0.379 e. The quantitative estimate of drug-likeness (QED) is 0.839. The average Bonchev–Trinajstić information content (AvgIpc) is 2.85. The maximum atomic E-state index is 11.4. The molecule has 6 nitrogen and oxygen atoms in total. The number of nitrogens with two attached hydrogens (primary N) is 1. The van der Waals surface area contributed by atoms with Crippen LogP contribution >= 0.6 is 11.3 Å². The Balaban J connectivity index is 2.30. The van der Waals surface area contributed by atoms with Gasteiger partial charge in [-0.15, -0.1) is 11.3 Å². The lowest BCUT2D eigenvalue weighted by Crippen LogP contribution is -2.06. The fourth-order valence-electron chi connectivity index (χ4n) is 1.31. The van der Waals surface area contributed by atoms with E-state index in [-0.39, 0.29) is 18.3 Å². The summed E-state index contributed by atoms with van der Waals surface area (Å²) >= 11 is 1.34. The van der Waals surface area contributed by atoms with Crippen LogP contribution in [0.4, 0.5) is 5.00 Å². The largest absolute Gasteiger partial charge is 0.460 e. The summed E-state index contributed by atoms with van der Waals surface area (Å²) in [5.74, 6) is -0.384. The minimum absolute atomic E-state index is 0.0757. The van der Waals surface area contributed by atoms with E-state index in [0.717, 1.165) is 10.4 Å². The Labute approximate surface area is 101 Å². The number of hydrogen-bond donors (Lipinski definition) is 1. The van der Waals surface area contributed by atoms with Gasteiger partial charge in [-0.2, -0.15) is 4.98 Å². The van der Waals surface area contributed by atoms with Crippen molar-refractivity contribution in [3.05, 3.63) is 17.5 Å². The molecule has 0 spiro atoms. The zero-order chi connectivity index (χ0) is 12.4. The van der Waals surface area contributed by atoms with Crippen molar-refractivity contribution < 1.29 is 14.1 Å². The van der Waals surface area contributed by atoms with Crippen LogP contribution in [-0.2, 0) is 4.74 Å². The summed E-state index contributed by atoms with van der Waals surface area (Å²) in [7, 11) is 0. The monoisotopic (exact) mass is 253 g/mol. The number of carbonyl (C=O) groups excluding carboxylic acids is 1. The molecule has 0 saturated heterocycles. The number of esters is 1. The van der Waals surface area contributed by atoms with Crippen molar-refractivity contribution in [2.75, 3.05) is 12.3 Å². The molecule has 0 aliphatic rings. The van der Waals surface area contributed by atoms with Crippen molar-refractivity contribution in [2.45, 2.75) is 13.8 Å². The van der Waals surface area contributed by atoms with Gasteiger partial charge in [0.1, 0.15) is 0 Å². The Bertz CT molecular complexity index is 547. The van der Waals surface area contributed by atoms with E-state index in [0.29, 0.717) is 5.00 Å². The van der Waals surface area contributed by atoms with Crippen LogP contribution in [0.2, 0.25) is 0 Å². The summed E-state index contributed by atoms with van der Waals surface area (Å²) in [5, 5.41) is 4.23. The van der Waals surface area contributed by atoms with Crippen molar-refractivity contribution in [2.24, 2.45) is 0 Å². The van der Waals surface area contributed by atoms with E-state index < -0.39 is 5.97 Å². The number of aromatic nitrogens is 2. The Kier molecular flexibility index (Phi) is 3.10. The molecular formula is C10H11N3O3S. The summed E-state index contributed by atoms with van der Waals surface area (Å²) in [6, 6.07) is 1.81. The molecular weight excluding hydrogens is 242 g/mol. The molecule has 0 unspecified atom stereocenters. The van der Waals surface area contributed by atoms with Gasteiger partial charge in [-0.3, -0.25) is 0 Å². The van der Waals surface area contributed by atoms with Gasteiger partial charge in [0.15, 0.2) is 0 Å². The molecule has 0 atom stereocenters. The molecule has 2 aromatic rings. The first kappa shape index (κ1) is 11.6. The van der Waals surface area contributed by atoms with Crippen LogP contribution in [0.25, 0.3) is 10.8 Å². The van der Waals surface area contributed by atoms with Crippen molar-refractivity contribution in [1.29, 1.82) is 0 Å². The van der Waals surface area contributed by atoms with Crippen LogP contribution in [-0.4, -0.2) is 22.7 Å². The highest BCUT2D eigenvalue weighted by Gasteiger charge is 2.19. The normalized spacial score (nSPS) is 10.5. The van der Waals surface area contributed by atoms with E-state index in [4.69, 9.17) is 15.0 Å². The van der Waals surface area contributed by atoms with E-state index >= 15 is 0 Å². The fraction of sp³-hybridized carbons (Fsp3) is 0.300. The Hall–Kier alpha value is -1.89. The summed E-state index contributed by atoms with van der Waals surface area (Å²) in [6.45, 7) is 3.87. The number of nitrogen functional groups attached to an aromatic ring is 1. The zero-order valence-electron chi connectivity index (χ0n) is 9.39. The van der Waals surface area contributed by atoms with E-state index in [9.17, 15) is 4.79 Å². The van der Waals surface area contributed by atoms with Crippen LogP contribution < -0.4 is 5.73 Å². The maximum absolute atomic E-state index is 11.4. The van der Waals surface area contributed by atoms with Crippen molar-refractivity contribution in [1.82, 2.24) is 10.1 Å². The Morgan fingerprint density at radius 1 is 1.65 bits per heavy atom. The molecule has 0 saturated carbocycles. The molecule has 0 aromatic carbocycles. The topological polar surface area (TPSA) is 91.2 Å². The molecule has 7 heteroatoms. The van der Waals surface area contributed by atoms with Gasteiger partial charge >= 0.3 is 5.97 Å². The van der Waals surface area contributed by atoms with Crippen LogP contribution in [0.3, 0.4) is 0 Å². The van der Waals surface area contributed by atoms with Gasteiger partial charge < -0.3 is 15.0 Å². The molecule has 0 fully saturated rings. The molecule has 90 valence electrons. The first-order chi connectivity index (χ1) is 8.11. The van der Waals surface area contributed by atoms with Gasteiger partial charge in [0.05, 0.1) is 16.5 Å². The maximum Gasteiger partial charge on any atom is 0.379 e. The average molecular weight is 253 g/mol. The molecule has 2 aromatic heterocycles. The van der Waals surface area contributed by atoms with Gasteiger partial charge in [-0.25, -0.2) is 4.79 Å². The standard InChI is InChI=1S/C10H11N3O3S/c1-3-15-10(14)8-12-9(16-13-8)7-5(2)4-6(11)17-7/h4H,3,11H2,1-2H3. The molecule has 0 radical (unpaired) electrons. The molecule has 2 heterocycles. The Morgan fingerprint density at radius 3 is 3.00 bits per heavy atom. The number of ether oxygens (including phenoxy) is 1. The van der Waals surface area contributed by atoms with Crippen LogP contribution in [0, 0.1) is 6.92 Å². The number of rotatable bonds is 3. The number of thiophene rings is 1. The number of hydrogen-bond acceptors (Lipinski definition) is 7. The third-order valence-electron chi connectivity index (χ3n) is 2.02. The van der Waals surface area contributed by atoms with Crippen molar-refractivity contribution >= 4 is 22.3 Å². The number of anilines is 1. The lowest BCUT2D eigenvalue weighted by atomic mass is 10.3. The van der Waals surface area contributed by atoms with E-state index in [2.05, 4.69) is 10.1 Å². The minimum atomic E-state index is -0.593. The summed E-state index contributed by atoms with van der Waals surface area (Å²) in [6.07, 6.45) is 0. The predicted octanol–water partition coefficient (Wildman–Crippen LogP) is 1.87. The second-order valence-corrected chi connectivity index (χ2v) is 4.39. The highest BCUT2D eigenvalue weighted by atomic mass is 32.1. The minimum Gasteiger partial charge on any atom is -0.460 e. The summed E-state index contributed by atoms with van der Waals surface area (Å²) < 4.78 is 9.77. The number of nitrogens with zero attached hydrogens (tertiary/aromatic N) is 2. The van der Waals surface area contributed by atoms with Crippen molar-refractivity contribution in [3.63, 3.8) is 0 Å². The van der Waals surface area contributed by atoms with Crippen LogP contribution in [0.1, 0.15) is 23.1 Å². The van der Waals surface area contributed by atoms with Crippen molar-refractivity contribution in [3.8, 4) is 10.8 Å². The highest BCUT2D eigenvalue weighted by Crippen LogP contribution is 2.32. The first-order valence-corrected chi connectivity index (χ1v) is 5.80. The second-order valence-electron chi connectivity index (χ2n) is 3.30. The predicted molar refractivity (Wildman–Crippen MR) is 62.7 cm³/mol. The molecule has 2 rings (SSSR count). The SMILES string of the molecule is CCOC(=O)c1noc(-c2sc(N)cc2C)n1. The molecule has 0 aliphatic carbocycles. The van der Waals surface area contributed by atoms with Crippen LogP contribution in [0.15, 0.2) is 10.6 Å². The van der Waals surface area contributed by atoms with Crippen LogP contribution in [0.5, 0.6) is 0 Å². The highest BCUT2D eigenvalue weighted by molar-refractivity contribution is 7.19.